The van der Waals surface area contributed by atoms with Gasteiger partial charge in [0.15, 0.2) is 0 Å². The minimum absolute atomic E-state index is 0.154. The molecule has 1 atom stereocenters. The van der Waals surface area contributed by atoms with Crippen LogP contribution in [0.5, 0.6) is 5.75 Å². The van der Waals surface area contributed by atoms with E-state index in [4.69, 9.17) is 4.74 Å². The molecule has 0 bridgehead atoms. The summed E-state index contributed by atoms with van der Waals surface area (Å²) < 4.78 is 5.32. The van der Waals surface area contributed by atoms with Crippen LogP contribution < -0.4 is 10.1 Å². The number of amides is 2. The summed E-state index contributed by atoms with van der Waals surface area (Å²) in [6, 6.07) is 7.43. The molecule has 1 fully saturated rings. The number of nitrogens with one attached hydrogen (secondary N) is 1. The molecule has 23 heavy (non-hydrogen) atoms. The Morgan fingerprint density at radius 1 is 1.43 bits per heavy atom. The van der Waals surface area contributed by atoms with Crippen LogP contribution in [0.25, 0.3) is 0 Å². The molecule has 1 unspecified atom stereocenters. The number of hydrogen-bond donors (Lipinski definition) is 2. The van der Waals surface area contributed by atoms with E-state index in [1.54, 1.807) is 14.0 Å². The van der Waals surface area contributed by atoms with Crippen molar-refractivity contribution in [1.82, 2.24) is 10.2 Å². The van der Waals surface area contributed by atoms with E-state index in [0.717, 1.165) is 12.0 Å². The van der Waals surface area contributed by atoms with Gasteiger partial charge in [-0.1, -0.05) is 18.2 Å². The van der Waals surface area contributed by atoms with Gasteiger partial charge in [-0.15, -0.1) is 0 Å². The summed E-state index contributed by atoms with van der Waals surface area (Å²) in [4.78, 5) is 26.7. The Bertz CT molecular complexity index is 575. The van der Waals surface area contributed by atoms with Crippen LogP contribution in [0.2, 0.25) is 0 Å². The third kappa shape index (κ3) is 3.64. The molecule has 126 valence electrons. The van der Waals surface area contributed by atoms with Crippen molar-refractivity contribution in [1.29, 1.82) is 0 Å². The van der Waals surface area contributed by atoms with E-state index in [-0.39, 0.29) is 25.0 Å². The fraction of sp³-hybridized carbons (Fsp3) is 0.529. The minimum Gasteiger partial charge on any atom is -0.496 e. The minimum atomic E-state index is -1.07. The predicted molar refractivity (Wildman–Crippen MR) is 85.8 cm³/mol. The smallest absolute Gasteiger partial charge is 0.238 e. The van der Waals surface area contributed by atoms with Crippen molar-refractivity contribution in [2.24, 2.45) is 5.41 Å². The highest BCUT2D eigenvalue weighted by Gasteiger charge is 2.44. The van der Waals surface area contributed by atoms with Gasteiger partial charge in [0.05, 0.1) is 13.7 Å². The highest BCUT2D eigenvalue weighted by Crippen LogP contribution is 2.30. The van der Waals surface area contributed by atoms with Gasteiger partial charge < -0.3 is 20.1 Å². The lowest BCUT2D eigenvalue weighted by Crippen LogP contribution is -2.54. The summed E-state index contributed by atoms with van der Waals surface area (Å²) in [6.07, 6.45) is 1.29. The van der Waals surface area contributed by atoms with E-state index in [1.807, 2.05) is 24.3 Å². The number of piperidine rings is 1. The number of ether oxygens (including phenoxy) is 1. The van der Waals surface area contributed by atoms with Gasteiger partial charge in [0.2, 0.25) is 11.8 Å². The Labute approximate surface area is 136 Å². The second-order valence-corrected chi connectivity index (χ2v) is 5.95. The summed E-state index contributed by atoms with van der Waals surface area (Å²) in [6.45, 7) is 2.61. The maximum atomic E-state index is 12.9. The van der Waals surface area contributed by atoms with E-state index < -0.39 is 5.41 Å². The zero-order valence-electron chi connectivity index (χ0n) is 13.7. The Morgan fingerprint density at radius 3 is 2.83 bits per heavy atom. The number of carbonyl (C=O) groups is 2. The van der Waals surface area contributed by atoms with Crippen molar-refractivity contribution in [3.63, 3.8) is 0 Å². The molecule has 6 nitrogen and oxygen atoms in total. The van der Waals surface area contributed by atoms with E-state index >= 15 is 0 Å². The van der Waals surface area contributed by atoms with Gasteiger partial charge in [-0.25, -0.2) is 0 Å². The quantitative estimate of drug-likeness (QED) is 0.765. The topological polar surface area (TPSA) is 78.9 Å². The summed E-state index contributed by atoms with van der Waals surface area (Å²) in [5, 5.41) is 12.1. The van der Waals surface area contributed by atoms with Crippen LogP contribution in [-0.2, 0) is 16.1 Å². The average Bonchev–Trinajstić information content (AvgIpc) is 2.57. The molecule has 2 N–H and O–H groups in total. The Hall–Kier alpha value is -2.08. The van der Waals surface area contributed by atoms with E-state index in [9.17, 15) is 14.7 Å². The van der Waals surface area contributed by atoms with Gasteiger partial charge in [-0.2, -0.15) is 0 Å². The van der Waals surface area contributed by atoms with Gasteiger partial charge in [0.25, 0.3) is 0 Å². The van der Waals surface area contributed by atoms with Gasteiger partial charge >= 0.3 is 0 Å². The van der Waals surface area contributed by atoms with Crippen molar-refractivity contribution in [2.45, 2.75) is 26.3 Å². The third-order valence-electron chi connectivity index (χ3n) is 4.32. The molecule has 2 amide bonds. The Balaban J connectivity index is 2.23. The van der Waals surface area contributed by atoms with Crippen molar-refractivity contribution >= 4 is 11.8 Å². The molecule has 1 aromatic carbocycles. The summed E-state index contributed by atoms with van der Waals surface area (Å²) in [5.41, 5.74) is -0.230. The molecule has 0 aromatic heterocycles. The highest BCUT2D eigenvalue weighted by atomic mass is 16.5. The largest absolute Gasteiger partial charge is 0.496 e. The van der Waals surface area contributed by atoms with Crippen LogP contribution in [0.3, 0.4) is 0 Å². The van der Waals surface area contributed by atoms with Crippen molar-refractivity contribution in [3.8, 4) is 5.75 Å². The molecule has 2 rings (SSSR count). The van der Waals surface area contributed by atoms with Gasteiger partial charge in [-0.3, -0.25) is 9.59 Å². The normalized spacial score (nSPS) is 20.7. The van der Waals surface area contributed by atoms with Crippen LogP contribution in [0.4, 0.5) is 0 Å². The van der Waals surface area contributed by atoms with Crippen LogP contribution in [0.15, 0.2) is 24.3 Å². The van der Waals surface area contributed by atoms with E-state index in [2.05, 4.69) is 5.32 Å². The summed E-state index contributed by atoms with van der Waals surface area (Å²) in [5.74, 6) is 0.188. The second kappa shape index (κ2) is 7.46. The molecule has 1 heterocycles. The second-order valence-electron chi connectivity index (χ2n) is 5.95. The van der Waals surface area contributed by atoms with Crippen molar-refractivity contribution < 1.29 is 19.4 Å². The first-order chi connectivity index (χ1) is 11.0. The van der Waals surface area contributed by atoms with Gasteiger partial charge in [0.1, 0.15) is 11.2 Å². The monoisotopic (exact) mass is 320 g/mol. The molecule has 6 heteroatoms. The molecule has 1 aromatic rings. The number of nitrogens with zero attached hydrogens (tertiary/aromatic N) is 1. The summed E-state index contributed by atoms with van der Waals surface area (Å²) >= 11 is 0. The third-order valence-corrected chi connectivity index (χ3v) is 4.32. The lowest BCUT2D eigenvalue weighted by Gasteiger charge is -2.36. The molecule has 1 aliphatic heterocycles. The number of benzene rings is 1. The SMILES string of the molecule is COc1ccccc1CN(CCO)C(=O)C1(C)CCCNC1=O. The predicted octanol–water partition coefficient (Wildman–Crippen LogP) is 0.932. The molecule has 0 spiro atoms. The Morgan fingerprint density at radius 2 is 2.17 bits per heavy atom. The van der Waals surface area contributed by atoms with Crippen LogP contribution in [0.1, 0.15) is 25.3 Å². The first kappa shape index (κ1) is 17.3. The van der Waals surface area contributed by atoms with Crippen LogP contribution in [0, 0.1) is 5.41 Å². The maximum absolute atomic E-state index is 12.9. The molecular formula is C17H24N2O4. The Kier molecular flexibility index (Phi) is 5.60. The fourth-order valence-electron chi connectivity index (χ4n) is 2.92. The molecule has 0 radical (unpaired) electrons. The fourth-order valence-corrected chi connectivity index (χ4v) is 2.92. The van der Waals surface area contributed by atoms with Gasteiger partial charge in [0, 0.05) is 25.2 Å². The summed E-state index contributed by atoms with van der Waals surface area (Å²) in [7, 11) is 1.58. The number of carbonyl (C=O) groups excluding carboxylic acids is 2. The molecule has 0 saturated carbocycles. The maximum Gasteiger partial charge on any atom is 0.238 e. The van der Waals surface area contributed by atoms with Gasteiger partial charge in [-0.05, 0) is 25.8 Å². The number of aliphatic hydroxyl groups excluding tert-OH is 1. The first-order valence-electron chi connectivity index (χ1n) is 7.83. The van der Waals surface area contributed by atoms with E-state index in [1.165, 1.54) is 4.90 Å². The van der Waals surface area contributed by atoms with Crippen LogP contribution >= 0.6 is 0 Å². The number of hydrogen-bond acceptors (Lipinski definition) is 4. The molecular weight excluding hydrogens is 296 g/mol. The van der Waals surface area contributed by atoms with Crippen molar-refractivity contribution in [2.75, 3.05) is 26.8 Å². The molecule has 0 aliphatic carbocycles. The van der Waals surface area contributed by atoms with Crippen LogP contribution in [-0.4, -0.2) is 48.6 Å². The number of para-hydroxylation sites is 1. The highest BCUT2D eigenvalue weighted by molar-refractivity contribution is 6.05. The lowest BCUT2D eigenvalue weighted by molar-refractivity contribution is -0.152. The number of aliphatic hydroxyl groups is 1. The molecule has 1 saturated heterocycles. The first-order valence-corrected chi connectivity index (χ1v) is 7.83. The number of methoxy groups -OCH3 is 1. The standard InChI is InChI=1S/C17H24N2O4/c1-17(8-5-9-18-15(17)21)16(22)19(10-11-20)12-13-6-3-4-7-14(13)23-2/h3-4,6-7,20H,5,8-12H2,1-2H3,(H,18,21). The zero-order chi connectivity index (χ0) is 16.9. The number of rotatable bonds is 6. The van der Waals surface area contributed by atoms with E-state index in [0.29, 0.717) is 25.3 Å². The molecule has 1 aliphatic rings. The lowest BCUT2D eigenvalue weighted by atomic mass is 9.80. The zero-order valence-corrected chi connectivity index (χ0v) is 13.7. The average molecular weight is 320 g/mol. The van der Waals surface area contributed by atoms with Crippen molar-refractivity contribution in [3.05, 3.63) is 29.8 Å².